The molecule has 100 valence electrons. The molecule has 0 saturated heterocycles. The van der Waals surface area contributed by atoms with E-state index in [0.29, 0.717) is 12.4 Å². The predicted molar refractivity (Wildman–Crippen MR) is 72.4 cm³/mol. The minimum Gasteiger partial charge on any atom is -0.493 e. The van der Waals surface area contributed by atoms with E-state index in [1.807, 2.05) is 13.0 Å². The van der Waals surface area contributed by atoms with Gasteiger partial charge in [-0.1, -0.05) is 38.3 Å². The van der Waals surface area contributed by atoms with Crippen molar-refractivity contribution in [2.75, 3.05) is 6.61 Å². The highest BCUT2D eigenvalue weighted by Crippen LogP contribution is 2.26. The van der Waals surface area contributed by atoms with Crippen molar-refractivity contribution in [3.05, 3.63) is 29.3 Å². The van der Waals surface area contributed by atoms with Crippen LogP contribution in [0.3, 0.4) is 0 Å². The third-order valence-corrected chi connectivity index (χ3v) is 2.92. The summed E-state index contributed by atoms with van der Waals surface area (Å²) in [4.78, 5) is 11.1. The molecule has 0 radical (unpaired) electrons. The maximum absolute atomic E-state index is 11.1. The van der Waals surface area contributed by atoms with Crippen molar-refractivity contribution < 1.29 is 14.6 Å². The Hall–Kier alpha value is -1.51. The molecule has 0 unspecified atom stereocenters. The number of carboxylic acid groups (broad SMARTS) is 1. The first-order valence-electron chi connectivity index (χ1n) is 6.68. The van der Waals surface area contributed by atoms with Crippen molar-refractivity contribution in [2.24, 2.45) is 0 Å². The van der Waals surface area contributed by atoms with Crippen LogP contribution in [0.4, 0.5) is 0 Å². The highest BCUT2D eigenvalue weighted by Gasteiger charge is 2.14. The zero-order valence-corrected chi connectivity index (χ0v) is 11.2. The fourth-order valence-electron chi connectivity index (χ4n) is 2.01. The van der Waals surface area contributed by atoms with Crippen molar-refractivity contribution in [3.8, 4) is 5.75 Å². The molecule has 1 N–H and O–H groups in total. The quantitative estimate of drug-likeness (QED) is 0.712. The predicted octanol–water partition coefficient (Wildman–Crippen LogP) is 3.91. The number of benzene rings is 1. The van der Waals surface area contributed by atoms with E-state index in [2.05, 4.69) is 6.92 Å². The van der Waals surface area contributed by atoms with Crippen LogP contribution in [-0.4, -0.2) is 17.7 Å². The fraction of sp³-hybridized carbons (Fsp3) is 0.533. The first-order valence-corrected chi connectivity index (χ1v) is 6.68. The number of aromatic carboxylic acids is 1. The Morgan fingerprint density at radius 3 is 2.61 bits per heavy atom. The molecule has 0 aliphatic rings. The molecule has 18 heavy (non-hydrogen) atoms. The summed E-state index contributed by atoms with van der Waals surface area (Å²) in [5, 5.41) is 9.15. The number of rotatable bonds is 8. The van der Waals surface area contributed by atoms with Crippen molar-refractivity contribution >= 4 is 5.97 Å². The van der Waals surface area contributed by atoms with Crippen molar-refractivity contribution in [1.82, 2.24) is 0 Å². The number of carbonyl (C=O) groups is 1. The third-order valence-electron chi connectivity index (χ3n) is 2.92. The Labute approximate surface area is 109 Å². The number of hydrogen-bond acceptors (Lipinski definition) is 2. The Bertz CT molecular complexity index is 385. The molecule has 3 nitrogen and oxygen atoms in total. The zero-order chi connectivity index (χ0) is 13.4. The molecule has 0 heterocycles. The Morgan fingerprint density at radius 2 is 2.00 bits per heavy atom. The van der Waals surface area contributed by atoms with Crippen LogP contribution in [-0.2, 0) is 6.42 Å². The number of aryl methyl sites for hydroxylation is 1. The summed E-state index contributed by atoms with van der Waals surface area (Å²) < 4.78 is 5.51. The van der Waals surface area contributed by atoms with Gasteiger partial charge in [-0.15, -0.1) is 0 Å². The molecule has 3 heteroatoms. The lowest BCUT2D eigenvalue weighted by Gasteiger charge is -2.12. The van der Waals surface area contributed by atoms with Crippen LogP contribution >= 0.6 is 0 Å². The van der Waals surface area contributed by atoms with Crippen LogP contribution in [0.5, 0.6) is 5.75 Å². The molecule has 0 saturated carbocycles. The number of hydrogen-bond donors (Lipinski definition) is 1. The molecule has 0 aliphatic carbocycles. The minimum absolute atomic E-state index is 0.268. The monoisotopic (exact) mass is 250 g/mol. The molecule has 0 aromatic heterocycles. The Morgan fingerprint density at radius 1 is 1.22 bits per heavy atom. The normalized spacial score (nSPS) is 10.3. The standard InChI is InChI=1S/C15H22O3/c1-3-5-6-7-9-12-10-8-11-13(15(16)17)14(12)18-4-2/h8,10-11H,3-7,9H2,1-2H3,(H,16,17). The van der Waals surface area contributed by atoms with Crippen LogP contribution in [0.1, 0.15) is 55.5 Å². The van der Waals surface area contributed by atoms with E-state index in [9.17, 15) is 4.79 Å². The molecule has 0 fully saturated rings. The van der Waals surface area contributed by atoms with Crippen LogP contribution in [0.15, 0.2) is 18.2 Å². The second kappa shape index (κ2) is 7.75. The van der Waals surface area contributed by atoms with E-state index in [-0.39, 0.29) is 5.56 Å². The smallest absolute Gasteiger partial charge is 0.339 e. The van der Waals surface area contributed by atoms with E-state index < -0.39 is 5.97 Å². The molecular formula is C15H22O3. The number of carboxylic acids is 1. The van der Waals surface area contributed by atoms with Crippen LogP contribution in [0, 0.1) is 0 Å². The second-order valence-corrected chi connectivity index (χ2v) is 4.34. The van der Waals surface area contributed by atoms with Gasteiger partial charge in [0.1, 0.15) is 11.3 Å². The molecule has 1 aromatic rings. The zero-order valence-electron chi connectivity index (χ0n) is 11.2. The van der Waals surface area contributed by atoms with Crippen LogP contribution < -0.4 is 4.74 Å². The van der Waals surface area contributed by atoms with E-state index in [1.54, 1.807) is 12.1 Å². The number of unbranched alkanes of at least 4 members (excludes halogenated alkanes) is 3. The van der Waals surface area contributed by atoms with Gasteiger partial charge in [0, 0.05) is 0 Å². The van der Waals surface area contributed by atoms with Crippen molar-refractivity contribution in [2.45, 2.75) is 46.0 Å². The average Bonchev–Trinajstić information content (AvgIpc) is 2.36. The molecule has 0 spiro atoms. The van der Waals surface area contributed by atoms with Gasteiger partial charge in [0.25, 0.3) is 0 Å². The maximum Gasteiger partial charge on any atom is 0.339 e. The number of ether oxygens (including phenoxy) is 1. The first-order chi connectivity index (χ1) is 8.70. The summed E-state index contributed by atoms with van der Waals surface area (Å²) in [5.74, 6) is -0.377. The lowest BCUT2D eigenvalue weighted by molar-refractivity contribution is 0.0692. The first kappa shape index (κ1) is 14.6. The van der Waals surface area contributed by atoms with Gasteiger partial charge in [-0.25, -0.2) is 4.79 Å². The highest BCUT2D eigenvalue weighted by molar-refractivity contribution is 5.91. The van der Waals surface area contributed by atoms with Gasteiger partial charge < -0.3 is 9.84 Å². The Balaban J connectivity index is 2.81. The van der Waals surface area contributed by atoms with Gasteiger partial charge >= 0.3 is 5.97 Å². The SMILES string of the molecule is CCCCCCc1cccc(C(=O)O)c1OCC. The van der Waals surface area contributed by atoms with E-state index in [4.69, 9.17) is 9.84 Å². The van der Waals surface area contributed by atoms with Crippen LogP contribution in [0.2, 0.25) is 0 Å². The van der Waals surface area contributed by atoms with Gasteiger partial charge in [0.15, 0.2) is 0 Å². The summed E-state index contributed by atoms with van der Waals surface area (Å²) in [5.41, 5.74) is 1.28. The van der Waals surface area contributed by atoms with Crippen molar-refractivity contribution in [3.63, 3.8) is 0 Å². The maximum atomic E-state index is 11.1. The van der Waals surface area contributed by atoms with Crippen LogP contribution in [0.25, 0.3) is 0 Å². The molecule has 0 amide bonds. The van der Waals surface area contributed by atoms with Crippen molar-refractivity contribution in [1.29, 1.82) is 0 Å². The van der Waals surface area contributed by atoms with E-state index >= 15 is 0 Å². The summed E-state index contributed by atoms with van der Waals surface area (Å²) in [6.45, 7) is 4.54. The lowest BCUT2D eigenvalue weighted by Crippen LogP contribution is -2.05. The molecule has 0 atom stereocenters. The lowest BCUT2D eigenvalue weighted by atomic mass is 10.0. The molecule has 0 aliphatic heterocycles. The largest absolute Gasteiger partial charge is 0.493 e. The van der Waals surface area contributed by atoms with Gasteiger partial charge in [0.2, 0.25) is 0 Å². The fourth-order valence-corrected chi connectivity index (χ4v) is 2.01. The number of para-hydroxylation sites is 1. The topological polar surface area (TPSA) is 46.5 Å². The Kier molecular flexibility index (Phi) is 6.26. The van der Waals surface area contributed by atoms with E-state index in [1.165, 1.54) is 19.3 Å². The molecular weight excluding hydrogens is 228 g/mol. The average molecular weight is 250 g/mol. The van der Waals surface area contributed by atoms with Gasteiger partial charge in [-0.05, 0) is 31.4 Å². The van der Waals surface area contributed by atoms with Gasteiger partial charge in [0.05, 0.1) is 6.61 Å². The summed E-state index contributed by atoms with van der Waals surface area (Å²) in [6.07, 6.45) is 5.57. The third kappa shape index (κ3) is 4.06. The molecule has 1 aromatic carbocycles. The summed E-state index contributed by atoms with van der Waals surface area (Å²) >= 11 is 0. The highest BCUT2D eigenvalue weighted by atomic mass is 16.5. The van der Waals surface area contributed by atoms with Gasteiger partial charge in [-0.3, -0.25) is 0 Å². The van der Waals surface area contributed by atoms with E-state index in [0.717, 1.165) is 18.4 Å². The second-order valence-electron chi connectivity index (χ2n) is 4.34. The summed E-state index contributed by atoms with van der Waals surface area (Å²) in [6, 6.07) is 5.35. The molecule has 0 bridgehead atoms. The summed E-state index contributed by atoms with van der Waals surface area (Å²) in [7, 11) is 0. The van der Waals surface area contributed by atoms with Gasteiger partial charge in [-0.2, -0.15) is 0 Å². The molecule has 1 rings (SSSR count). The minimum atomic E-state index is -0.922.